The van der Waals surface area contributed by atoms with Gasteiger partial charge in [0.2, 0.25) is 5.91 Å². The number of fused-ring (bicyclic) bond motifs is 1. The topological polar surface area (TPSA) is 71.1 Å². The van der Waals surface area contributed by atoms with Gasteiger partial charge in [-0.3, -0.25) is 4.79 Å². The number of pyridine rings is 2. The average Bonchev–Trinajstić information content (AvgIpc) is 3.28. The molecule has 1 amide bonds. The average molecular weight is 495 g/mol. The molecule has 182 valence electrons. The summed E-state index contributed by atoms with van der Waals surface area (Å²) in [5.74, 6) is 2.99. The van der Waals surface area contributed by atoms with Crippen molar-refractivity contribution < 1.29 is 13.9 Å². The summed E-state index contributed by atoms with van der Waals surface area (Å²) in [6, 6.07) is 3.20. The molecule has 1 saturated carbocycles. The van der Waals surface area contributed by atoms with Crippen LogP contribution in [0.3, 0.4) is 0 Å². The molecule has 0 radical (unpaired) electrons. The summed E-state index contributed by atoms with van der Waals surface area (Å²) in [6.45, 7) is 2.56. The standard InChI is InChI=1S/C27H28ClFN4O2/c1-2-19-13-23(29)24(32-26(19)22-16-31-27-21(22)14-20(28)15-30-27)11-17-4-3-5-18(10-17)12-25(34)33-6-8-35-9-7-33/h1,13-18H,3-12H2,(H,30,31)/t17-,18+/m1/s1. The van der Waals surface area contributed by atoms with Crippen molar-refractivity contribution in [2.45, 2.75) is 38.5 Å². The second kappa shape index (κ2) is 10.3. The molecule has 0 spiro atoms. The van der Waals surface area contributed by atoms with E-state index in [2.05, 4.69) is 15.9 Å². The van der Waals surface area contributed by atoms with E-state index in [-0.39, 0.29) is 17.6 Å². The number of aromatic nitrogens is 3. The number of hydrogen-bond acceptors (Lipinski definition) is 4. The van der Waals surface area contributed by atoms with Crippen molar-refractivity contribution in [3.05, 3.63) is 46.6 Å². The number of hydrogen-bond donors (Lipinski definition) is 1. The van der Waals surface area contributed by atoms with Crippen molar-refractivity contribution in [2.75, 3.05) is 26.3 Å². The molecule has 1 aliphatic carbocycles. The van der Waals surface area contributed by atoms with Gasteiger partial charge in [-0.2, -0.15) is 0 Å². The maximum absolute atomic E-state index is 15.1. The van der Waals surface area contributed by atoms with Gasteiger partial charge in [0.05, 0.1) is 35.2 Å². The third-order valence-corrected chi connectivity index (χ3v) is 7.36. The number of halogens is 2. The van der Waals surface area contributed by atoms with Crippen LogP contribution in [0.4, 0.5) is 4.39 Å². The first-order chi connectivity index (χ1) is 17.0. The monoisotopic (exact) mass is 494 g/mol. The molecule has 8 heteroatoms. The maximum atomic E-state index is 15.1. The largest absolute Gasteiger partial charge is 0.378 e. The normalized spacial score (nSPS) is 20.7. The molecule has 1 aliphatic heterocycles. The fraction of sp³-hybridized carbons (Fsp3) is 0.444. The second-order valence-corrected chi connectivity index (χ2v) is 9.95. The van der Waals surface area contributed by atoms with E-state index in [1.807, 2.05) is 4.90 Å². The minimum Gasteiger partial charge on any atom is -0.378 e. The van der Waals surface area contributed by atoms with E-state index in [0.29, 0.717) is 72.7 Å². The Morgan fingerprint density at radius 1 is 1.29 bits per heavy atom. The zero-order chi connectivity index (χ0) is 24.4. The SMILES string of the molecule is C#Cc1cc(F)c(C[C@@H]2CCC[C@H](CC(=O)N3CCOCC3)C2)nc1-c1c[nH]c2ncc(Cl)cc12. The fourth-order valence-electron chi connectivity index (χ4n) is 5.39. The van der Waals surface area contributed by atoms with Crippen LogP contribution in [0.1, 0.15) is 43.4 Å². The van der Waals surface area contributed by atoms with Crippen LogP contribution in [-0.4, -0.2) is 52.1 Å². The number of carbonyl (C=O) groups excluding carboxylic acids is 1. The van der Waals surface area contributed by atoms with Gasteiger partial charge in [-0.1, -0.05) is 30.4 Å². The van der Waals surface area contributed by atoms with Gasteiger partial charge in [0.15, 0.2) is 0 Å². The molecule has 5 rings (SSSR count). The van der Waals surface area contributed by atoms with Crippen molar-refractivity contribution >= 4 is 28.5 Å². The van der Waals surface area contributed by atoms with Crippen molar-refractivity contribution in [1.29, 1.82) is 0 Å². The molecular formula is C27H28ClFN4O2. The first-order valence-electron chi connectivity index (χ1n) is 12.2. The Balaban J connectivity index is 1.35. The molecule has 0 unspecified atom stereocenters. The van der Waals surface area contributed by atoms with E-state index in [9.17, 15) is 4.79 Å². The second-order valence-electron chi connectivity index (χ2n) is 9.51. The Morgan fingerprint density at radius 2 is 2.09 bits per heavy atom. The van der Waals surface area contributed by atoms with Gasteiger partial charge in [0.1, 0.15) is 11.5 Å². The molecule has 2 aliphatic rings. The predicted molar refractivity (Wildman–Crippen MR) is 133 cm³/mol. The van der Waals surface area contributed by atoms with Crippen molar-refractivity contribution in [2.24, 2.45) is 11.8 Å². The summed E-state index contributed by atoms with van der Waals surface area (Å²) in [6.07, 6.45) is 14.1. The molecule has 35 heavy (non-hydrogen) atoms. The zero-order valence-corrected chi connectivity index (χ0v) is 20.3. The van der Waals surface area contributed by atoms with Crippen LogP contribution in [0.25, 0.3) is 22.3 Å². The number of morpholine rings is 1. The highest BCUT2D eigenvalue weighted by atomic mass is 35.5. The van der Waals surface area contributed by atoms with Crippen LogP contribution < -0.4 is 0 Å². The quantitative estimate of drug-likeness (QED) is 0.507. The van der Waals surface area contributed by atoms with Crippen LogP contribution in [0.2, 0.25) is 5.02 Å². The number of H-pyrrole nitrogens is 1. The van der Waals surface area contributed by atoms with Gasteiger partial charge in [-0.15, -0.1) is 6.42 Å². The Bertz CT molecular complexity index is 1280. The maximum Gasteiger partial charge on any atom is 0.223 e. The number of terminal acetylenes is 1. The van der Waals surface area contributed by atoms with Crippen molar-refractivity contribution in [3.8, 4) is 23.6 Å². The molecule has 0 bridgehead atoms. The lowest BCUT2D eigenvalue weighted by Crippen LogP contribution is -2.41. The van der Waals surface area contributed by atoms with Crippen molar-refractivity contribution in [1.82, 2.24) is 19.9 Å². The van der Waals surface area contributed by atoms with E-state index >= 15 is 4.39 Å². The number of amides is 1. The molecule has 6 nitrogen and oxygen atoms in total. The summed E-state index contributed by atoms with van der Waals surface area (Å²) in [4.78, 5) is 26.8. The number of aromatic amines is 1. The van der Waals surface area contributed by atoms with Crippen LogP contribution in [-0.2, 0) is 16.0 Å². The summed E-state index contributed by atoms with van der Waals surface area (Å²) < 4.78 is 20.4. The Labute approximate surface area is 209 Å². The highest BCUT2D eigenvalue weighted by Crippen LogP contribution is 2.36. The molecule has 4 heterocycles. The summed E-state index contributed by atoms with van der Waals surface area (Å²) in [5.41, 5.74) is 2.77. The smallest absolute Gasteiger partial charge is 0.223 e. The van der Waals surface area contributed by atoms with Gasteiger partial charge >= 0.3 is 0 Å². The fourth-order valence-corrected chi connectivity index (χ4v) is 5.55. The Kier molecular flexibility index (Phi) is 7.03. The Morgan fingerprint density at radius 3 is 2.89 bits per heavy atom. The zero-order valence-electron chi connectivity index (χ0n) is 19.5. The lowest BCUT2D eigenvalue weighted by molar-refractivity contribution is -0.136. The van der Waals surface area contributed by atoms with Gasteiger partial charge in [0.25, 0.3) is 0 Å². The first-order valence-corrected chi connectivity index (χ1v) is 12.5. The van der Waals surface area contributed by atoms with E-state index in [0.717, 1.165) is 36.6 Å². The van der Waals surface area contributed by atoms with Crippen LogP contribution in [0, 0.1) is 30.0 Å². The minimum atomic E-state index is -0.385. The lowest BCUT2D eigenvalue weighted by atomic mass is 9.77. The van der Waals surface area contributed by atoms with Crippen LogP contribution >= 0.6 is 11.6 Å². The van der Waals surface area contributed by atoms with Crippen molar-refractivity contribution in [3.63, 3.8) is 0 Å². The van der Waals surface area contributed by atoms with E-state index in [1.165, 1.54) is 6.07 Å². The summed E-state index contributed by atoms with van der Waals surface area (Å²) in [7, 11) is 0. The Hall–Kier alpha value is -2.95. The summed E-state index contributed by atoms with van der Waals surface area (Å²) in [5, 5.41) is 1.29. The number of nitrogens with one attached hydrogen (secondary N) is 1. The highest BCUT2D eigenvalue weighted by Gasteiger charge is 2.28. The van der Waals surface area contributed by atoms with E-state index in [1.54, 1.807) is 18.5 Å². The van der Waals surface area contributed by atoms with Crippen LogP contribution in [0.5, 0.6) is 0 Å². The number of carbonyl (C=O) groups is 1. The first kappa shape index (κ1) is 23.8. The number of rotatable bonds is 5. The number of nitrogens with zero attached hydrogens (tertiary/aromatic N) is 3. The van der Waals surface area contributed by atoms with E-state index in [4.69, 9.17) is 27.7 Å². The number of ether oxygens (including phenoxy) is 1. The van der Waals surface area contributed by atoms with Gasteiger partial charge < -0.3 is 14.6 Å². The molecular weight excluding hydrogens is 467 g/mol. The molecule has 2 atom stereocenters. The lowest BCUT2D eigenvalue weighted by Gasteiger charge is -2.32. The van der Waals surface area contributed by atoms with Gasteiger partial charge in [0, 0.05) is 42.9 Å². The molecule has 0 aromatic carbocycles. The molecule has 3 aromatic rings. The molecule has 3 aromatic heterocycles. The van der Waals surface area contributed by atoms with Gasteiger partial charge in [-0.25, -0.2) is 14.4 Å². The third-order valence-electron chi connectivity index (χ3n) is 7.16. The predicted octanol–water partition coefficient (Wildman–Crippen LogP) is 5.00. The molecule has 2 fully saturated rings. The van der Waals surface area contributed by atoms with Crippen LogP contribution in [0.15, 0.2) is 24.5 Å². The van der Waals surface area contributed by atoms with Gasteiger partial charge in [-0.05, 0) is 43.2 Å². The summed E-state index contributed by atoms with van der Waals surface area (Å²) >= 11 is 6.16. The third kappa shape index (κ3) is 5.19. The van der Waals surface area contributed by atoms with E-state index < -0.39 is 0 Å². The highest BCUT2D eigenvalue weighted by molar-refractivity contribution is 6.31. The molecule has 1 saturated heterocycles. The molecule has 1 N–H and O–H groups in total. The minimum absolute atomic E-state index is 0.204.